The fourth-order valence-corrected chi connectivity index (χ4v) is 2.22. The quantitative estimate of drug-likeness (QED) is 0.581. The summed E-state index contributed by atoms with van der Waals surface area (Å²) in [6.45, 7) is 11.0. The number of hydrogen-bond donors (Lipinski definition) is 0. The van der Waals surface area contributed by atoms with Crippen LogP contribution >= 0.6 is 0 Å². The fourth-order valence-electron chi connectivity index (χ4n) is 2.22. The molecule has 0 aromatic heterocycles. The highest BCUT2D eigenvalue weighted by Crippen LogP contribution is 2.35. The minimum Gasteiger partial charge on any atom is -0.493 e. The number of methoxy groups -OCH3 is 1. The maximum Gasteiger partial charge on any atom is 0.310 e. The van der Waals surface area contributed by atoms with Crippen LogP contribution in [0, 0.1) is 13.5 Å². The molecule has 0 N–H and O–H groups in total. The first-order valence-electron chi connectivity index (χ1n) is 7.56. The van der Waals surface area contributed by atoms with E-state index in [1.165, 1.54) is 0 Å². The molecule has 0 aliphatic heterocycles. The summed E-state index contributed by atoms with van der Waals surface area (Å²) in [6, 6.07) is 10.6. The van der Waals surface area contributed by atoms with Crippen LogP contribution in [0.5, 0.6) is 17.2 Å². The van der Waals surface area contributed by atoms with Crippen LogP contribution in [0.15, 0.2) is 36.4 Å². The zero-order valence-corrected chi connectivity index (χ0v) is 14.0. The number of carbonyl (C=O) groups excluding carboxylic acids is 1. The van der Waals surface area contributed by atoms with Crippen molar-refractivity contribution in [2.24, 2.45) is 0 Å². The monoisotopic (exact) mass is 325 g/mol. The van der Waals surface area contributed by atoms with Crippen molar-refractivity contribution in [1.82, 2.24) is 0 Å². The van der Waals surface area contributed by atoms with E-state index in [-0.39, 0.29) is 12.4 Å². The molecule has 2 aromatic rings. The van der Waals surface area contributed by atoms with Crippen molar-refractivity contribution < 1.29 is 19.0 Å². The van der Waals surface area contributed by atoms with Crippen LogP contribution in [0.2, 0.25) is 0 Å². The third-order valence-corrected chi connectivity index (χ3v) is 3.39. The maximum absolute atomic E-state index is 11.6. The fraction of sp³-hybridized carbons (Fsp3) is 0.263. The van der Waals surface area contributed by atoms with Gasteiger partial charge in [0.25, 0.3) is 0 Å². The summed E-state index contributed by atoms with van der Waals surface area (Å²) in [5, 5.41) is 0. The molecule has 5 nitrogen and oxygen atoms in total. The van der Waals surface area contributed by atoms with Crippen molar-refractivity contribution in [3.8, 4) is 17.2 Å². The molecular formula is C19H19NO4. The second kappa shape index (κ2) is 8.02. The second-order valence-corrected chi connectivity index (χ2v) is 5.13. The predicted molar refractivity (Wildman–Crippen MR) is 90.8 cm³/mol. The SMILES string of the molecule is [C-]#[N+]c1ccc(Oc2ccc(CC(=O)OCC)cc2OC)c(C)c1. The molecule has 0 spiro atoms. The van der Waals surface area contributed by atoms with Crippen LogP contribution < -0.4 is 9.47 Å². The van der Waals surface area contributed by atoms with Crippen LogP contribution in [0.3, 0.4) is 0 Å². The summed E-state index contributed by atoms with van der Waals surface area (Å²) in [5.41, 5.74) is 2.22. The lowest BCUT2D eigenvalue weighted by molar-refractivity contribution is -0.142. The molecule has 0 bridgehead atoms. The van der Waals surface area contributed by atoms with Gasteiger partial charge in [-0.05, 0) is 49.2 Å². The third kappa shape index (κ3) is 4.26. The zero-order valence-electron chi connectivity index (χ0n) is 14.0. The predicted octanol–water partition coefficient (Wildman–Crippen LogP) is 4.45. The highest BCUT2D eigenvalue weighted by atomic mass is 16.5. The van der Waals surface area contributed by atoms with Gasteiger partial charge in [-0.2, -0.15) is 0 Å². The van der Waals surface area contributed by atoms with Crippen molar-refractivity contribution in [3.05, 3.63) is 58.9 Å². The first-order valence-corrected chi connectivity index (χ1v) is 7.56. The summed E-state index contributed by atoms with van der Waals surface area (Å²) >= 11 is 0. The number of benzene rings is 2. The molecule has 0 aliphatic carbocycles. The summed E-state index contributed by atoms with van der Waals surface area (Å²) < 4.78 is 16.2. The number of esters is 1. The molecule has 0 atom stereocenters. The Kier molecular flexibility index (Phi) is 5.80. The van der Waals surface area contributed by atoms with Gasteiger partial charge in [-0.1, -0.05) is 12.1 Å². The average molecular weight is 325 g/mol. The zero-order chi connectivity index (χ0) is 17.5. The highest BCUT2D eigenvalue weighted by Gasteiger charge is 2.11. The Balaban J connectivity index is 2.22. The van der Waals surface area contributed by atoms with Crippen LogP contribution in [0.25, 0.3) is 4.85 Å². The Labute approximate surface area is 141 Å². The van der Waals surface area contributed by atoms with Gasteiger partial charge in [0.1, 0.15) is 5.75 Å². The Morgan fingerprint density at radius 1 is 1.12 bits per heavy atom. The van der Waals surface area contributed by atoms with E-state index in [4.69, 9.17) is 20.8 Å². The second-order valence-electron chi connectivity index (χ2n) is 5.13. The number of ether oxygens (including phenoxy) is 3. The molecule has 5 heteroatoms. The van der Waals surface area contributed by atoms with Crippen LogP contribution in [0.4, 0.5) is 5.69 Å². The Bertz CT molecular complexity index is 777. The van der Waals surface area contributed by atoms with Gasteiger partial charge >= 0.3 is 5.97 Å². The molecule has 0 radical (unpaired) electrons. The molecule has 0 amide bonds. The molecule has 0 saturated heterocycles. The first-order chi connectivity index (χ1) is 11.6. The lowest BCUT2D eigenvalue weighted by atomic mass is 10.1. The van der Waals surface area contributed by atoms with Gasteiger partial charge in [-0.25, -0.2) is 4.85 Å². The van der Waals surface area contributed by atoms with Gasteiger partial charge in [0.05, 0.1) is 26.7 Å². The lowest BCUT2D eigenvalue weighted by Crippen LogP contribution is -2.07. The highest BCUT2D eigenvalue weighted by molar-refractivity contribution is 5.73. The molecule has 0 fully saturated rings. The third-order valence-electron chi connectivity index (χ3n) is 3.39. The normalized spacial score (nSPS) is 9.92. The Hall–Kier alpha value is -3.00. The maximum atomic E-state index is 11.6. The van der Waals surface area contributed by atoms with Gasteiger partial charge < -0.3 is 14.2 Å². The average Bonchev–Trinajstić information content (AvgIpc) is 2.58. The van der Waals surface area contributed by atoms with E-state index in [2.05, 4.69) is 4.85 Å². The number of aryl methyl sites for hydroxylation is 1. The van der Waals surface area contributed by atoms with E-state index in [0.717, 1.165) is 11.1 Å². The summed E-state index contributed by atoms with van der Waals surface area (Å²) in [6.07, 6.45) is 0.184. The van der Waals surface area contributed by atoms with Crippen LogP contribution in [0.1, 0.15) is 18.1 Å². The van der Waals surface area contributed by atoms with Gasteiger partial charge in [0.2, 0.25) is 0 Å². The van der Waals surface area contributed by atoms with Gasteiger partial charge in [-0.15, -0.1) is 0 Å². The minimum absolute atomic E-state index is 0.184. The molecule has 0 saturated carbocycles. The molecule has 0 unspecified atom stereocenters. The van der Waals surface area contributed by atoms with Gasteiger partial charge in [0, 0.05) is 0 Å². The number of carbonyl (C=O) groups is 1. The molecular weight excluding hydrogens is 306 g/mol. The van der Waals surface area contributed by atoms with Crippen molar-refractivity contribution >= 4 is 11.7 Å². The molecule has 2 aromatic carbocycles. The summed E-state index contributed by atoms with van der Waals surface area (Å²) in [5.74, 6) is 1.45. The van der Waals surface area contributed by atoms with Crippen molar-refractivity contribution in [2.75, 3.05) is 13.7 Å². The van der Waals surface area contributed by atoms with E-state index in [1.54, 1.807) is 50.4 Å². The number of rotatable bonds is 6. The van der Waals surface area contributed by atoms with E-state index >= 15 is 0 Å². The lowest BCUT2D eigenvalue weighted by Gasteiger charge is -2.13. The molecule has 0 aliphatic rings. The largest absolute Gasteiger partial charge is 0.493 e. The van der Waals surface area contributed by atoms with E-state index in [9.17, 15) is 4.79 Å². The van der Waals surface area contributed by atoms with Crippen LogP contribution in [-0.2, 0) is 16.0 Å². The van der Waals surface area contributed by atoms with E-state index < -0.39 is 0 Å². The minimum atomic E-state index is -0.279. The van der Waals surface area contributed by atoms with Crippen LogP contribution in [-0.4, -0.2) is 19.7 Å². The Morgan fingerprint density at radius 3 is 2.50 bits per heavy atom. The number of hydrogen-bond acceptors (Lipinski definition) is 4. The molecule has 2 rings (SSSR count). The standard InChI is InChI=1S/C19H19NO4/c1-5-23-19(21)12-14-6-8-17(18(11-14)22-4)24-16-9-7-15(20-3)10-13(16)2/h6-11H,5,12H2,1-2,4H3. The molecule has 24 heavy (non-hydrogen) atoms. The van der Waals surface area contributed by atoms with E-state index in [0.29, 0.717) is 29.5 Å². The Morgan fingerprint density at radius 2 is 1.88 bits per heavy atom. The van der Waals surface area contributed by atoms with E-state index in [1.807, 2.05) is 6.92 Å². The topological polar surface area (TPSA) is 49.1 Å². The smallest absolute Gasteiger partial charge is 0.310 e. The van der Waals surface area contributed by atoms with Crippen molar-refractivity contribution in [2.45, 2.75) is 20.3 Å². The molecule has 124 valence electrons. The van der Waals surface area contributed by atoms with Crippen molar-refractivity contribution in [1.29, 1.82) is 0 Å². The first kappa shape index (κ1) is 17.4. The van der Waals surface area contributed by atoms with Crippen molar-refractivity contribution in [3.63, 3.8) is 0 Å². The summed E-state index contributed by atoms with van der Waals surface area (Å²) in [7, 11) is 1.55. The van der Waals surface area contributed by atoms with Gasteiger partial charge in [0.15, 0.2) is 17.2 Å². The molecule has 0 heterocycles. The summed E-state index contributed by atoms with van der Waals surface area (Å²) in [4.78, 5) is 15.0. The van der Waals surface area contributed by atoms with Gasteiger partial charge in [-0.3, -0.25) is 4.79 Å². The number of nitrogens with zero attached hydrogens (tertiary/aromatic N) is 1.